The normalized spacial score (nSPS) is 15.0. The van der Waals surface area contributed by atoms with Gasteiger partial charge in [0.1, 0.15) is 5.65 Å². The third kappa shape index (κ3) is 9.81. The molecule has 7 nitrogen and oxygen atoms in total. The number of nitrogens with zero attached hydrogens (tertiary/aromatic N) is 3. The second-order valence-corrected chi connectivity index (χ2v) is 15.2. The molecule has 10 heteroatoms. The lowest BCUT2D eigenvalue weighted by molar-refractivity contribution is -0.137. The van der Waals surface area contributed by atoms with E-state index in [1.54, 1.807) is 4.57 Å². The van der Waals surface area contributed by atoms with Crippen LogP contribution in [0.15, 0.2) is 59.5 Å². The average Bonchev–Trinajstić information content (AvgIpc) is 3.41. The molecule has 5 rings (SSSR count). The second kappa shape index (κ2) is 14.7. The number of fused-ring (bicyclic) bond motifs is 1. The summed E-state index contributed by atoms with van der Waals surface area (Å²) in [5.41, 5.74) is 9.61. The van der Waals surface area contributed by atoms with Crippen LogP contribution in [0.5, 0.6) is 0 Å². The van der Waals surface area contributed by atoms with Gasteiger partial charge in [-0.25, -0.2) is 4.79 Å². The van der Waals surface area contributed by atoms with Gasteiger partial charge >= 0.3 is 11.9 Å². The molecule has 2 aromatic heterocycles. The van der Waals surface area contributed by atoms with E-state index in [1.165, 1.54) is 12.1 Å². The number of likely N-dealkylation sites (tertiary alicyclic amines) is 1. The van der Waals surface area contributed by atoms with E-state index in [2.05, 4.69) is 41.7 Å². The fraction of sp³-hybridized carbons (Fsp3) is 0.500. The van der Waals surface area contributed by atoms with Crippen LogP contribution in [0.2, 0.25) is 0 Å². The standard InChI is InChI=1S/C22H27N5O.C16H24F3N/c1-22(2,3)18-12-16-14-27(21(28)25-20(16)24-18)17-9-7-15(8-10-17)13-26-11-5-4-6-19(26)23;1-11(20)6-5-7-12-8-13(15(2,3)4)10-14(9-12)16(17,18)19/h7-10,12,14,23H,4-6,11,13H2,1-3H3,(H,24,25,28);8-11H,5-7,20H2,1-4H3/t;11-/m.0/s1. The summed E-state index contributed by atoms with van der Waals surface area (Å²) in [4.78, 5) is 22.2. The summed E-state index contributed by atoms with van der Waals surface area (Å²) in [5.74, 6) is 0.725. The fourth-order valence-corrected chi connectivity index (χ4v) is 5.69. The first-order valence-corrected chi connectivity index (χ1v) is 16.8. The van der Waals surface area contributed by atoms with Gasteiger partial charge in [0, 0.05) is 48.2 Å². The molecule has 3 heterocycles. The monoisotopic (exact) mass is 664 g/mol. The van der Waals surface area contributed by atoms with Gasteiger partial charge in [-0.3, -0.25) is 9.98 Å². The van der Waals surface area contributed by atoms with Crippen LogP contribution in [0.4, 0.5) is 13.2 Å². The summed E-state index contributed by atoms with van der Waals surface area (Å²) in [5, 5.41) is 9.02. The number of halogens is 3. The van der Waals surface area contributed by atoms with Crippen molar-refractivity contribution in [2.75, 3.05) is 6.54 Å². The topological polar surface area (TPSA) is 104 Å². The van der Waals surface area contributed by atoms with Gasteiger partial charge in [-0.15, -0.1) is 0 Å². The lowest BCUT2D eigenvalue weighted by atomic mass is 9.84. The van der Waals surface area contributed by atoms with Gasteiger partial charge in [0.2, 0.25) is 0 Å². The zero-order chi connectivity index (χ0) is 35.4. The van der Waals surface area contributed by atoms with Crippen LogP contribution >= 0.6 is 0 Å². The number of nitrogens with two attached hydrogens (primary N) is 1. The molecule has 1 aliphatic heterocycles. The molecule has 0 unspecified atom stereocenters. The zero-order valence-corrected chi connectivity index (χ0v) is 29.4. The molecule has 0 amide bonds. The Morgan fingerprint density at radius 3 is 2.19 bits per heavy atom. The van der Waals surface area contributed by atoms with Gasteiger partial charge in [-0.2, -0.15) is 18.2 Å². The van der Waals surface area contributed by atoms with Gasteiger partial charge in [-0.05, 0) is 91.5 Å². The lowest BCUT2D eigenvalue weighted by Crippen LogP contribution is -2.34. The highest BCUT2D eigenvalue weighted by atomic mass is 19.4. The van der Waals surface area contributed by atoms with E-state index in [4.69, 9.17) is 11.1 Å². The summed E-state index contributed by atoms with van der Waals surface area (Å²) in [6, 6.07) is 14.5. The molecular weight excluding hydrogens is 613 g/mol. The maximum Gasteiger partial charge on any atom is 0.416 e. The van der Waals surface area contributed by atoms with Gasteiger partial charge in [0.15, 0.2) is 0 Å². The summed E-state index contributed by atoms with van der Waals surface area (Å²) in [6.45, 7) is 15.8. The van der Waals surface area contributed by atoms with E-state index in [1.807, 2.05) is 64.2 Å². The molecule has 0 radical (unpaired) electrons. The van der Waals surface area contributed by atoms with Crippen LogP contribution in [-0.2, 0) is 30.0 Å². The molecule has 2 aromatic carbocycles. The number of hydrogen-bond donors (Lipinski definition) is 3. The number of hydrogen-bond acceptors (Lipinski definition) is 4. The van der Waals surface area contributed by atoms with Crippen LogP contribution in [0.1, 0.15) is 109 Å². The molecule has 1 atom stereocenters. The SMILES string of the molecule is CC(C)(C)c1cc2cn(-c3ccc(CN4CCCCC4=N)cc3)c(=O)nc2[nH]1.C[C@H](N)CCCc1cc(C(C)(C)C)cc(C(F)(F)F)c1. The number of H-pyrrole nitrogens is 1. The van der Waals surface area contributed by atoms with Gasteiger partial charge < -0.3 is 15.6 Å². The minimum atomic E-state index is -4.29. The highest BCUT2D eigenvalue weighted by Crippen LogP contribution is 2.34. The number of aromatic amines is 1. The number of piperidine rings is 1. The molecule has 0 saturated carbocycles. The highest BCUT2D eigenvalue weighted by Gasteiger charge is 2.32. The quantitative estimate of drug-likeness (QED) is 0.184. The van der Waals surface area contributed by atoms with Crippen LogP contribution in [0, 0.1) is 5.41 Å². The average molecular weight is 665 g/mol. The first kappa shape index (κ1) is 36.9. The third-order valence-electron chi connectivity index (χ3n) is 8.69. The summed E-state index contributed by atoms with van der Waals surface area (Å²) >= 11 is 0. The molecule has 0 spiro atoms. The first-order chi connectivity index (χ1) is 22.3. The van der Waals surface area contributed by atoms with Crippen LogP contribution in [0.25, 0.3) is 16.7 Å². The van der Waals surface area contributed by atoms with E-state index in [0.717, 1.165) is 84.5 Å². The van der Waals surface area contributed by atoms with Crippen molar-refractivity contribution >= 4 is 16.9 Å². The van der Waals surface area contributed by atoms with E-state index in [9.17, 15) is 18.0 Å². The van der Waals surface area contributed by atoms with E-state index in [0.29, 0.717) is 12.1 Å². The molecule has 1 aliphatic rings. The molecule has 1 fully saturated rings. The van der Waals surface area contributed by atoms with Gasteiger partial charge in [0.05, 0.1) is 17.1 Å². The number of benzene rings is 2. The van der Waals surface area contributed by atoms with Crippen LogP contribution in [-0.4, -0.2) is 37.9 Å². The Morgan fingerprint density at radius 1 is 0.938 bits per heavy atom. The maximum atomic E-state index is 13.0. The van der Waals surface area contributed by atoms with E-state index < -0.39 is 11.7 Å². The number of nitrogens with one attached hydrogen (secondary N) is 2. The molecule has 1 saturated heterocycles. The Bertz CT molecular complexity index is 1720. The van der Waals surface area contributed by atoms with Crippen molar-refractivity contribution in [2.45, 2.75) is 117 Å². The maximum absolute atomic E-state index is 13.0. The van der Waals surface area contributed by atoms with Crippen molar-refractivity contribution in [1.82, 2.24) is 19.4 Å². The molecule has 260 valence electrons. The Kier molecular flexibility index (Phi) is 11.3. The summed E-state index contributed by atoms with van der Waals surface area (Å²) < 4.78 is 40.5. The van der Waals surface area contributed by atoms with E-state index in [-0.39, 0.29) is 22.6 Å². The highest BCUT2D eigenvalue weighted by molar-refractivity contribution is 5.79. The predicted octanol–water partition coefficient (Wildman–Crippen LogP) is 8.65. The van der Waals surface area contributed by atoms with Crippen molar-refractivity contribution in [3.05, 3.63) is 93.2 Å². The molecule has 48 heavy (non-hydrogen) atoms. The van der Waals surface area contributed by atoms with Crippen molar-refractivity contribution in [3.63, 3.8) is 0 Å². The number of alkyl halides is 3. The number of aromatic nitrogens is 3. The van der Waals surface area contributed by atoms with E-state index >= 15 is 0 Å². The molecule has 4 N–H and O–H groups in total. The zero-order valence-electron chi connectivity index (χ0n) is 29.4. The van der Waals surface area contributed by atoms with Crippen LogP contribution < -0.4 is 11.4 Å². The molecule has 0 bridgehead atoms. The van der Waals surface area contributed by atoms with Crippen molar-refractivity contribution in [3.8, 4) is 5.69 Å². The molecule has 4 aromatic rings. The Balaban J connectivity index is 0.000000231. The van der Waals surface area contributed by atoms with Crippen molar-refractivity contribution in [2.24, 2.45) is 5.73 Å². The smallest absolute Gasteiger partial charge is 0.356 e. The Morgan fingerprint density at radius 2 is 1.60 bits per heavy atom. The summed E-state index contributed by atoms with van der Waals surface area (Å²) in [7, 11) is 0. The van der Waals surface area contributed by atoms with Gasteiger partial charge in [0.25, 0.3) is 0 Å². The van der Waals surface area contributed by atoms with Crippen molar-refractivity contribution < 1.29 is 13.2 Å². The molecule has 0 aliphatic carbocycles. The van der Waals surface area contributed by atoms with Crippen LogP contribution in [0.3, 0.4) is 0 Å². The summed E-state index contributed by atoms with van der Waals surface area (Å²) in [6.07, 6.45) is 2.95. The number of rotatable bonds is 7. The minimum Gasteiger partial charge on any atom is -0.356 e. The predicted molar refractivity (Wildman–Crippen MR) is 189 cm³/mol. The number of aryl methyl sites for hydroxylation is 1. The van der Waals surface area contributed by atoms with Gasteiger partial charge in [-0.1, -0.05) is 59.7 Å². The Hall–Kier alpha value is -3.92. The minimum absolute atomic E-state index is 0.0294. The molecular formula is C38H51F3N6O. The Labute approximate surface area is 282 Å². The largest absolute Gasteiger partial charge is 0.416 e. The fourth-order valence-electron chi connectivity index (χ4n) is 5.69. The lowest BCUT2D eigenvalue weighted by Gasteiger charge is -2.29. The third-order valence-corrected chi connectivity index (χ3v) is 8.69. The first-order valence-electron chi connectivity index (χ1n) is 16.8. The number of amidine groups is 1. The second-order valence-electron chi connectivity index (χ2n) is 15.2. The van der Waals surface area contributed by atoms with Crippen molar-refractivity contribution in [1.29, 1.82) is 5.41 Å².